The van der Waals surface area contributed by atoms with E-state index in [1.165, 1.54) is 49.0 Å². The minimum atomic E-state index is 0.956. The van der Waals surface area contributed by atoms with Crippen molar-refractivity contribution in [1.82, 2.24) is 9.88 Å². The first-order valence-corrected chi connectivity index (χ1v) is 10.2. The lowest BCUT2D eigenvalue weighted by molar-refractivity contribution is 0.237. The Morgan fingerprint density at radius 2 is 1.73 bits per heavy atom. The van der Waals surface area contributed by atoms with E-state index in [2.05, 4.69) is 73.6 Å². The highest BCUT2D eigenvalue weighted by Gasteiger charge is 2.13. The van der Waals surface area contributed by atoms with E-state index in [9.17, 15) is 0 Å². The lowest BCUT2D eigenvalue weighted by Crippen LogP contribution is -2.33. The minimum Gasteiger partial charge on any atom is -0.383 e. The molecule has 134 valence electrons. The van der Waals surface area contributed by atoms with Crippen LogP contribution in [0.4, 0.5) is 5.69 Å². The van der Waals surface area contributed by atoms with Crippen LogP contribution in [-0.4, -0.2) is 36.1 Å². The SMILES string of the molecule is Brc1ccc(-c2cnc3ccccc3c2NCCN2CCCCC2)cc1. The number of nitrogens with zero attached hydrogens (tertiary/aromatic N) is 2. The molecule has 0 aliphatic carbocycles. The number of piperidine rings is 1. The maximum absolute atomic E-state index is 4.68. The Bertz CT molecular complexity index is 870. The normalized spacial score (nSPS) is 15.3. The van der Waals surface area contributed by atoms with E-state index in [-0.39, 0.29) is 0 Å². The fourth-order valence-electron chi connectivity index (χ4n) is 3.70. The number of halogens is 1. The molecule has 1 fully saturated rings. The van der Waals surface area contributed by atoms with Crippen LogP contribution >= 0.6 is 15.9 Å². The molecule has 1 aliphatic rings. The molecule has 0 radical (unpaired) electrons. The first kappa shape index (κ1) is 17.5. The van der Waals surface area contributed by atoms with Crippen LogP contribution in [0.5, 0.6) is 0 Å². The molecular weight excluding hydrogens is 386 g/mol. The minimum absolute atomic E-state index is 0.956. The van der Waals surface area contributed by atoms with Crippen molar-refractivity contribution >= 4 is 32.5 Å². The third-order valence-electron chi connectivity index (χ3n) is 5.11. The van der Waals surface area contributed by atoms with E-state index in [0.717, 1.165) is 28.6 Å². The molecule has 0 spiro atoms. The van der Waals surface area contributed by atoms with Crippen molar-refractivity contribution in [2.45, 2.75) is 19.3 Å². The molecule has 2 aromatic carbocycles. The lowest BCUT2D eigenvalue weighted by atomic mass is 10.0. The number of aromatic nitrogens is 1. The number of likely N-dealkylation sites (tertiary alicyclic amines) is 1. The number of pyridine rings is 1. The molecule has 1 aromatic heterocycles. The first-order valence-electron chi connectivity index (χ1n) is 9.41. The molecule has 0 saturated carbocycles. The molecule has 26 heavy (non-hydrogen) atoms. The molecule has 1 saturated heterocycles. The van der Waals surface area contributed by atoms with Gasteiger partial charge in [0.1, 0.15) is 0 Å². The summed E-state index contributed by atoms with van der Waals surface area (Å²) in [5, 5.41) is 4.91. The van der Waals surface area contributed by atoms with Crippen LogP contribution in [0.15, 0.2) is 59.2 Å². The van der Waals surface area contributed by atoms with E-state index in [1.807, 2.05) is 12.3 Å². The third-order valence-corrected chi connectivity index (χ3v) is 5.64. The molecule has 3 nitrogen and oxygen atoms in total. The maximum Gasteiger partial charge on any atom is 0.0723 e. The van der Waals surface area contributed by atoms with E-state index in [4.69, 9.17) is 0 Å². The number of hydrogen-bond acceptors (Lipinski definition) is 3. The summed E-state index contributed by atoms with van der Waals surface area (Å²) in [7, 11) is 0. The number of fused-ring (bicyclic) bond motifs is 1. The van der Waals surface area contributed by atoms with Crippen LogP contribution in [-0.2, 0) is 0 Å². The molecule has 3 aromatic rings. The van der Waals surface area contributed by atoms with Crippen LogP contribution in [0.2, 0.25) is 0 Å². The highest BCUT2D eigenvalue weighted by molar-refractivity contribution is 9.10. The van der Waals surface area contributed by atoms with Crippen molar-refractivity contribution in [3.63, 3.8) is 0 Å². The van der Waals surface area contributed by atoms with Crippen molar-refractivity contribution in [2.75, 3.05) is 31.5 Å². The standard InChI is InChI=1S/C22H24BrN3/c23-18-10-8-17(9-11-18)20-16-25-21-7-3-2-6-19(21)22(20)24-12-15-26-13-4-1-5-14-26/h2-3,6-11,16H,1,4-5,12-15H2,(H,24,25). The number of rotatable bonds is 5. The predicted octanol–water partition coefficient (Wildman–Crippen LogP) is 5.56. The second-order valence-electron chi connectivity index (χ2n) is 6.90. The van der Waals surface area contributed by atoms with Crippen LogP contribution in [0.1, 0.15) is 19.3 Å². The van der Waals surface area contributed by atoms with E-state index in [0.29, 0.717) is 0 Å². The number of benzene rings is 2. The van der Waals surface area contributed by atoms with Crippen molar-refractivity contribution in [3.8, 4) is 11.1 Å². The Labute approximate surface area is 163 Å². The maximum atomic E-state index is 4.68. The van der Waals surface area contributed by atoms with Gasteiger partial charge in [0.2, 0.25) is 0 Å². The quantitative estimate of drug-likeness (QED) is 0.597. The zero-order valence-electron chi connectivity index (χ0n) is 14.9. The molecule has 1 N–H and O–H groups in total. The zero-order chi connectivity index (χ0) is 17.8. The van der Waals surface area contributed by atoms with Gasteiger partial charge in [-0.2, -0.15) is 0 Å². The second-order valence-corrected chi connectivity index (χ2v) is 7.82. The summed E-state index contributed by atoms with van der Waals surface area (Å²) in [4.78, 5) is 7.25. The Morgan fingerprint density at radius 1 is 0.962 bits per heavy atom. The van der Waals surface area contributed by atoms with Gasteiger partial charge >= 0.3 is 0 Å². The predicted molar refractivity (Wildman–Crippen MR) is 114 cm³/mol. The van der Waals surface area contributed by atoms with Gasteiger partial charge in [-0.15, -0.1) is 0 Å². The van der Waals surface area contributed by atoms with Gasteiger partial charge in [-0.1, -0.05) is 52.7 Å². The molecule has 0 amide bonds. The number of nitrogens with one attached hydrogen (secondary N) is 1. The summed E-state index contributed by atoms with van der Waals surface area (Å²) in [6.07, 6.45) is 6.05. The third kappa shape index (κ3) is 3.92. The molecule has 0 atom stereocenters. The number of para-hydroxylation sites is 1. The fraction of sp³-hybridized carbons (Fsp3) is 0.318. The summed E-state index contributed by atoms with van der Waals surface area (Å²) in [6.45, 7) is 4.52. The smallest absolute Gasteiger partial charge is 0.0723 e. The molecule has 4 rings (SSSR count). The van der Waals surface area contributed by atoms with Crippen LogP contribution in [0.25, 0.3) is 22.0 Å². The molecular formula is C22H24BrN3. The molecule has 2 heterocycles. The van der Waals surface area contributed by atoms with Gasteiger partial charge < -0.3 is 10.2 Å². The average molecular weight is 410 g/mol. The zero-order valence-corrected chi connectivity index (χ0v) is 16.5. The van der Waals surface area contributed by atoms with Gasteiger partial charge in [-0.3, -0.25) is 4.98 Å². The highest BCUT2D eigenvalue weighted by atomic mass is 79.9. The van der Waals surface area contributed by atoms with Gasteiger partial charge in [0, 0.05) is 34.7 Å². The Hall–Kier alpha value is -1.91. The van der Waals surface area contributed by atoms with Crippen LogP contribution in [0.3, 0.4) is 0 Å². The topological polar surface area (TPSA) is 28.2 Å². The van der Waals surface area contributed by atoms with Crippen molar-refractivity contribution < 1.29 is 0 Å². The van der Waals surface area contributed by atoms with E-state index < -0.39 is 0 Å². The monoisotopic (exact) mass is 409 g/mol. The van der Waals surface area contributed by atoms with Gasteiger partial charge in [0.15, 0.2) is 0 Å². The number of hydrogen-bond donors (Lipinski definition) is 1. The summed E-state index contributed by atoms with van der Waals surface area (Å²) < 4.78 is 1.09. The second kappa shape index (κ2) is 8.19. The summed E-state index contributed by atoms with van der Waals surface area (Å²) in [6, 6.07) is 16.8. The van der Waals surface area contributed by atoms with Gasteiger partial charge in [0.25, 0.3) is 0 Å². The summed E-state index contributed by atoms with van der Waals surface area (Å²) in [5.74, 6) is 0. The van der Waals surface area contributed by atoms with Crippen molar-refractivity contribution in [2.24, 2.45) is 0 Å². The largest absolute Gasteiger partial charge is 0.383 e. The Balaban J connectivity index is 1.63. The average Bonchev–Trinajstić information content (AvgIpc) is 2.70. The molecule has 0 bridgehead atoms. The lowest BCUT2D eigenvalue weighted by Gasteiger charge is -2.27. The van der Waals surface area contributed by atoms with E-state index in [1.54, 1.807) is 0 Å². The summed E-state index contributed by atoms with van der Waals surface area (Å²) >= 11 is 3.53. The molecule has 4 heteroatoms. The number of anilines is 1. The van der Waals surface area contributed by atoms with E-state index >= 15 is 0 Å². The van der Waals surface area contributed by atoms with Crippen molar-refractivity contribution in [1.29, 1.82) is 0 Å². The molecule has 0 unspecified atom stereocenters. The first-order chi connectivity index (χ1) is 12.8. The fourth-order valence-corrected chi connectivity index (χ4v) is 3.97. The van der Waals surface area contributed by atoms with Gasteiger partial charge in [0.05, 0.1) is 11.2 Å². The van der Waals surface area contributed by atoms with Crippen LogP contribution in [0, 0.1) is 0 Å². The highest BCUT2D eigenvalue weighted by Crippen LogP contribution is 2.34. The Morgan fingerprint density at radius 3 is 2.54 bits per heavy atom. The van der Waals surface area contributed by atoms with Crippen molar-refractivity contribution in [3.05, 3.63) is 59.2 Å². The van der Waals surface area contributed by atoms with Gasteiger partial charge in [-0.25, -0.2) is 0 Å². The van der Waals surface area contributed by atoms with Gasteiger partial charge in [-0.05, 0) is 49.7 Å². The van der Waals surface area contributed by atoms with Crippen LogP contribution < -0.4 is 5.32 Å². The summed E-state index contributed by atoms with van der Waals surface area (Å²) in [5.41, 5.74) is 4.57. The Kier molecular flexibility index (Phi) is 5.51. The molecule has 1 aliphatic heterocycles.